The smallest absolute Gasteiger partial charge is 0.327 e. The maximum atomic E-state index is 13.6. The van der Waals surface area contributed by atoms with Crippen molar-refractivity contribution in [3.63, 3.8) is 0 Å². The minimum Gasteiger partial charge on any atom is -0.489 e. The minimum absolute atomic E-state index is 0.0234. The predicted octanol–water partition coefficient (Wildman–Crippen LogP) is 4.21. The molecule has 0 heterocycles. The van der Waals surface area contributed by atoms with Crippen LogP contribution in [0.4, 0.5) is 0 Å². The van der Waals surface area contributed by atoms with Crippen molar-refractivity contribution in [3.05, 3.63) is 59.2 Å². The molecule has 0 aliphatic heterocycles. The predicted molar refractivity (Wildman–Crippen MR) is 117 cm³/mol. The normalized spacial score (nSPS) is 15.5. The zero-order valence-electron chi connectivity index (χ0n) is 18.1. The lowest BCUT2D eigenvalue weighted by Gasteiger charge is -2.27. The lowest BCUT2D eigenvalue weighted by molar-refractivity contribution is -0.147. The third-order valence-corrected chi connectivity index (χ3v) is 8.39. The van der Waals surface area contributed by atoms with Crippen LogP contribution in [0.2, 0.25) is 0 Å². The number of Topliss-reactive ketones (excluding diaryl/α,β-unsaturated/α-hetero) is 1. The molecule has 1 aliphatic carbocycles. The van der Waals surface area contributed by atoms with Crippen molar-refractivity contribution < 1.29 is 27.5 Å². The Labute approximate surface area is 183 Å². The monoisotopic (exact) mass is 444 g/mol. The molecule has 1 aliphatic rings. The molecule has 0 unspecified atom stereocenters. The third kappa shape index (κ3) is 4.51. The van der Waals surface area contributed by atoms with Gasteiger partial charge in [0.1, 0.15) is 19.0 Å². The van der Waals surface area contributed by atoms with Crippen molar-refractivity contribution in [1.29, 1.82) is 0 Å². The fourth-order valence-corrected chi connectivity index (χ4v) is 6.40. The summed E-state index contributed by atoms with van der Waals surface area (Å²) in [6.45, 7) is 4.93. The first-order chi connectivity index (χ1) is 14.7. The number of carbonyl (C=O) groups is 2. The van der Waals surface area contributed by atoms with Crippen LogP contribution in [0, 0.1) is 13.8 Å². The standard InChI is InChI=1S/C24H28O6S/c1-17-10-11-18(2)22(16-17)31(27,28)24(12-6-7-13-24)23(26)30-15-14-29-21-9-5-4-8-20(21)19(3)25/h4-5,8-11,16H,6-7,12-15H2,1-3H3. The Morgan fingerprint density at radius 1 is 1.00 bits per heavy atom. The lowest BCUT2D eigenvalue weighted by Crippen LogP contribution is -2.45. The van der Waals surface area contributed by atoms with Crippen LogP contribution in [0.5, 0.6) is 5.75 Å². The first-order valence-corrected chi connectivity index (χ1v) is 11.9. The molecule has 166 valence electrons. The zero-order chi connectivity index (χ0) is 22.6. The summed E-state index contributed by atoms with van der Waals surface area (Å²) in [6, 6.07) is 12.1. The molecule has 1 fully saturated rings. The summed E-state index contributed by atoms with van der Waals surface area (Å²) in [7, 11) is -3.92. The Bertz CT molecular complexity index is 1080. The highest BCUT2D eigenvalue weighted by atomic mass is 32.2. The average molecular weight is 445 g/mol. The highest BCUT2D eigenvalue weighted by molar-refractivity contribution is 7.93. The van der Waals surface area contributed by atoms with Crippen LogP contribution < -0.4 is 4.74 Å². The highest BCUT2D eigenvalue weighted by Crippen LogP contribution is 2.42. The van der Waals surface area contributed by atoms with Crippen LogP contribution in [-0.4, -0.2) is 38.1 Å². The number of esters is 1. The van der Waals surface area contributed by atoms with Gasteiger partial charge in [-0.15, -0.1) is 0 Å². The number of sulfone groups is 1. The van der Waals surface area contributed by atoms with Crippen LogP contribution in [0.1, 0.15) is 54.1 Å². The summed E-state index contributed by atoms with van der Waals surface area (Å²) < 4.78 is 36.6. The van der Waals surface area contributed by atoms with E-state index < -0.39 is 20.6 Å². The first-order valence-electron chi connectivity index (χ1n) is 10.4. The molecule has 0 radical (unpaired) electrons. The van der Waals surface area contributed by atoms with Gasteiger partial charge in [-0.05, 0) is 62.9 Å². The zero-order valence-corrected chi connectivity index (χ0v) is 19.0. The number of ether oxygens (including phenoxy) is 2. The molecule has 0 bridgehead atoms. The van der Waals surface area contributed by atoms with Gasteiger partial charge >= 0.3 is 5.97 Å². The van der Waals surface area contributed by atoms with Gasteiger partial charge in [0.05, 0.1) is 10.5 Å². The minimum atomic E-state index is -3.92. The Hall–Kier alpha value is -2.67. The van der Waals surface area contributed by atoms with Gasteiger partial charge < -0.3 is 9.47 Å². The summed E-state index contributed by atoms with van der Waals surface area (Å²) in [5.41, 5.74) is 1.88. The van der Waals surface area contributed by atoms with E-state index >= 15 is 0 Å². The molecule has 1 saturated carbocycles. The van der Waals surface area contributed by atoms with Gasteiger partial charge in [0, 0.05) is 0 Å². The van der Waals surface area contributed by atoms with Crippen molar-refractivity contribution in [1.82, 2.24) is 0 Å². The molecule has 2 aromatic rings. The van der Waals surface area contributed by atoms with E-state index in [4.69, 9.17) is 9.47 Å². The number of aryl methyl sites for hydroxylation is 2. The van der Waals surface area contributed by atoms with Gasteiger partial charge in [-0.3, -0.25) is 9.59 Å². The summed E-state index contributed by atoms with van der Waals surface area (Å²) in [5.74, 6) is -0.448. The number of carbonyl (C=O) groups excluding carboxylic acids is 2. The van der Waals surface area contributed by atoms with Gasteiger partial charge in [-0.2, -0.15) is 0 Å². The Morgan fingerprint density at radius 3 is 2.35 bits per heavy atom. The molecule has 31 heavy (non-hydrogen) atoms. The average Bonchev–Trinajstić information content (AvgIpc) is 3.25. The molecule has 2 aromatic carbocycles. The topological polar surface area (TPSA) is 86.7 Å². The summed E-state index contributed by atoms with van der Waals surface area (Å²) >= 11 is 0. The molecule has 0 amide bonds. The quantitative estimate of drug-likeness (QED) is 0.344. The second-order valence-corrected chi connectivity index (χ2v) is 10.2. The van der Waals surface area contributed by atoms with Gasteiger partial charge in [0.2, 0.25) is 0 Å². The summed E-state index contributed by atoms with van der Waals surface area (Å²) in [4.78, 5) is 24.9. The highest BCUT2D eigenvalue weighted by Gasteiger charge is 2.54. The molecular formula is C24H28O6S. The molecule has 6 nitrogen and oxygen atoms in total. The van der Waals surface area contributed by atoms with Crippen LogP contribution in [0.25, 0.3) is 0 Å². The summed E-state index contributed by atoms with van der Waals surface area (Å²) in [5, 5.41) is 0. The number of rotatable bonds is 8. The van der Waals surface area contributed by atoms with E-state index in [9.17, 15) is 18.0 Å². The van der Waals surface area contributed by atoms with Crippen LogP contribution >= 0.6 is 0 Å². The van der Waals surface area contributed by atoms with Gasteiger partial charge in [0.15, 0.2) is 20.4 Å². The fourth-order valence-electron chi connectivity index (χ4n) is 4.04. The largest absolute Gasteiger partial charge is 0.489 e. The Kier molecular flexibility index (Phi) is 6.84. The van der Waals surface area contributed by atoms with Crippen molar-refractivity contribution in [2.45, 2.75) is 56.1 Å². The maximum Gasteiger partial charge on any atom is 0.327 e. The maximum absolute atomic E-state index is 13.6. The molecule has 0 N–H and O–H groups in total. The van der Waals surface area contributed by atoms with E-state index in [-0.39, 0.29) is 36.7 Å². The molecule has 0 saturated heterocycles. The van der Waals surface area contributed by atoms with Crippen LogP contribution in [-0.2, 0) is 19.4 Å². The van der Waals surface area contributed by atoms with Gasteiger partial charge in [0.25, 0.3) is 0 Å². The van der Waals surface area contributed by atoms with Gasteiger partial charge in [-0.25, -0.2) is 8.42 Å². The molecular weight excluding hydrogens is 416 g/mol. The number of hydrogen-bond donors (Lipinski definition) is 0. The van der Waals surface area contributed by atoms with E-state index in [1.54, 1.807) is 43.3 Å². The second kappa shape index (κ2) is 9.22. The number of para-hydroxylation sites is 1. The number of hydrogen-bond acceptors (Lipinski definition) is 6. The van der Waals surface area contributed by atoms with E-state index in [1.807, 2.05) is 13.0 Å². The van der Waals surface area contributed by atoms with Crippen molar-refractivity contribution in [2.75, 3.05) is 13.2 Å². The summed E-state index contributed by atoms with van der Waals surface area (Å²) in [6.07, 6.45) is 1.80. The molecule has 3 rings (SSSR count). The van der Waals surface area contributed by atoms with Crippen molar-refractivity contribution in [3.8, 4) is 5.75 Å². The SMILES string of the molecule is CC(=O)c1ccccc1OCCOC(=O)C1(S(=O)(=O)c2cc(C)ccc2C)CCCC1. The van der Waals surface area contributed by atoms with Crippen LogP contribution in [0.15, 0.2) is 47.4 Å². The molecule has 7 heteroatoms. The first kappa shape index (κ1) is 23.0. The second-order valence-electron chi connectivity index (χ2n) is 8.01. The van der Waals surface area contributed by atoms with Crippen LogP contribution in [0.3, 0.4) is 0 Å². The van der Waals surface area contributed by atoms with Crippen molar-refractivity contribution >= 4 is 21.6 Å². The fraction of sp³-hybridized carbons (Fsp3) is 0.417. The van der Waals surface area contributed by atoms with E-state index in [2.05, 4.69) is 0 Å². The molecule has 0 aromatic heterocycles. The Balaban J connectivity index is 1.74. The Morgan fingerprint density at radius 2 is 1.68 bits per heavy atom. The number of benzene rings is 2. The number of ketones is 1. The van der Waals surface area contributed by atoms with E-state index in [0.29, 0.717) is 29.7 Å². The molecule has 0 spiro atoms. The van der Waals surface area contributed by atoms with E-state index in [0.717, 1.165) is 5.56 Å². The van der Waals surface area contributed by atoms with E-state index in [1.165, 1.54) is 6.92 Å². The van der Waals surface area contributed by atoms with Gasteiger partial charge in [-0.1, -0.05) is 37.1 Å². The van der Waals surface area contributed by atoms with Crippen molar-refractivity contribution in [2.24, 2.45) is 0 Å². The molecule has 0 atom stereocenters. The third-order valence-electron chi connectivity index (χ3n) is 5.77. The lowest BCUT2D eigenvalue weighted by atomic mass is 10.1.